The zero-order chi connectivity index (χ0) is 13.2. The van der Waals surface area contributed by atoms with Crippen LogP contribution in [-0.2, 0) is 0 Å². The fourth-order valence-electron chi connectivity index (χ4n) is 1.32. The highest BCUT2D eigenvalue weighted by Gasteiger charge is 2.24. The van der Waals surface area contributed by atoms with E-state index >= 15 is 0 Å². The van der Waals surface area contributed by atoms with E-state index in [2.05, 4.69) is 25.8 Å². The molecule has 0 amide bonds. The van der Waals surface area contributed by atoms with Gasteiger partial charge in [-0.05, 0) is 26.3 Å². The minimum absolute atomic E-state index is 0.0820. The molecular weight excluding hydrogens is 240 g/mol. The molecule has 0 radical (unpaired) electrons. The standard InChI is InChI=1S/C12H17ClN2O2/c1-5-12(2,3)15(4)10-9(13)6-8(7-14-10)11(16)17/h6-7H,5H2,1-4H3,(H,16,17). The van der Waals surface area contributed by atoms with Crippen molar-refractivity contribution in [2.75, 3.05) is 11.9 Å². The number of anilines is 1. The van der Waals surface area contributed by atoms with E-state index < -0.39 is 5.97 Å². The van der Waals surface area contributed by atoms with Crippen LogP contribution in [-0.4, -0.2) is 28.6 Å². The number of nitrogens with zero attached hydrogens (tertiary/aromatic N) is 2. The number of aromatic carboxylic acids is 1. The van der Waals surface area contributed by atoms with Gasteiger partial charge in [-0.15, -0.1) is 0 Å². The summed E-state index contributed by atoms with van der Waals surface area (Å²) in [6, 6.07) is 1.43. The van der Waals surface area contributed by atoms with Crippen LogP contribution in [0.15, 0.2) is 12.3 Å². The zero-order valence-electron chi connectivity index (χ0n) is 10.5. The van der Waals surface area contributed by atoms with Gasteiger partial charge in [0, 0.05) is 18.8 Å². The van der Waals surface area contributed by atoms with E-state index in [-0.39, 0.29) is 11.1 Å². The van der Waals surface area contributed by atoms with Gasteiger partial charge < -0.3 is 10.0 Å². The molecule has 17 heavy (non-hydrogen) atoms. The summed E-state index contributed by atoms with van der Waals surface area (Å²) in [6.45, 7) is 6.24. The highest BCUT2D eigenvalue weighted by molar-refractivity contribution is 6.33. The van der Waals surface area contributed by atoms with Gasteiger partial charge in [0.15, 0.2) is 0 Å². The molecule has 0 atom stereocenters. The fraction of sp³-hybridized carbons (Fsp3) is 0.500. The molecule has 0 fully saturated rings. The SMILES string of the molecule is CCC(C)(C)N(C)c1ncc(C(=O)O)cc1Cl. The maximum atomic E-state index is 10.8. The van der Waals surface area contributed by atoms with Crippen LogP contribution in [0.5, 0.6) is 0 Å². The quantitative estimate of drug-likeness (QED) is 0.900. The Labute approximate surface area is 106 Å². The molecule has 0 aromatic carbocycles. The van der Waals surface area contributed by atoms with E-state index in [9.17, 15) is 4.79 Å². The van der Waals surface area contributed by atoms with E-state index in [4.69, 9.17) is 16.7 Å². The molecule has 0 unspecified atom stereocenters. The number of pyridine rings is 1. The third kappa shape index (κ3) is 2.88. The second kappa shape index (κ2) is 4.92. The average Bonchev–Trinajstić information content (AvgIpc) is 2.27. The molecule has 5 heteroatoms. The minimum Gasteiger partial charge on any atom is -0.478 e. The first kappa shape index (κ1) is 13.8. The van der Waals surface area contributed by atoms with Gasteiger partial charge in [0.25, 0.3) is 0 Å². The van der Waals surface area contributed by atoms with Crippen LogP contribution in [0.1, 0.15) is 37.6 Å². The molecule has 94 valence electrons. The van der Waals surface area contributed by atoms with Crippen molar-refractivity contribution in [3.63, 3.8) is 0 Å². The Kier molecular flexibility index (Phi) is 3.98. The summed E-state index contributed by atoms with van der Waals surface area (Å²) < 4.78 is 0. The molecule has 0 aliphatic rings. The molecule has 4 nitrogen and oxygen atoms in total. The molecule has 1 heterocycles. The molecule has 1 N–H and O–H groups in total. The van der Waals surface area contributed by atoms with Gasteiger partial charge in [-0.3, -0.25) is 0 Å². The molecular formula is C12H17ClN2O2. The normalized spacial score (nSPS) is 11.4. The Bertz CT molecular complexity index is 433. The third-order valence-corrected chi connectivity index (χ3v) is 3.44. The monoisotopic (exact) mass is 256 g/mol. The highest BCUT2D eigenvalue weighted by atomic mass is 35.5. The Morgan fingerprint density at radius 2 is 2.18 bits per heavy atom. The third-order valence-electron chi connectivity index (χ3n) is 3.16. The van der Waals surface area contributed by atoms with Crippen molar-refractivity contribution in [2.45, 2.75) is 32.7 Å². The number of halogens is 1. The number of carbonyl (C=O) groups is 1. The molecule has 1 aromatic heterocycles. The Morgan fingerprint density at radius 1 is 1.59 bits per heavy atom. The van der Waals surface area contributed by atoms with Crippen LogP contribution in [0.2, 0.25) is 5.02 Å². The predicted octanol–water partition coefficient (Wildman–Crippen LogP) is 3.06. The first-order valence-corrected chi connectivity index (χ1v) is 5.80. The predicted molar refractivity (Wildman–Crippen MR) is 69.0 cm³/mol. The van der Waals surface area contributed by atoms with Crippen molar-refractivity contribution in [1.29, 1.82) is 0 Å². The second-order valence-corrected chi connectivity index (χ2v) is 4.97. The fourth-order valence-corrected chi connectivity index (χ4v) is 1.61. The first-order valence-electron chi connectivity index (χ1n) is 5.42. The van der Waals surface area contributed by atoms with Crippen molar-refractivity contribution in [1.82, 2.24) is 4.98 Å². The zero-order valence-corrected chi connectivity index (χ0v) is 11.2. The van der Waals surface area contributed by atoms with Gasteiger partial charge in [-0.1, -0.05) is 18.5 Å². The lowest BCUT2D eigenvalue weighted by Gasteiger charge is -2.36. The van der Waals surface area contributed by atoms with E-state index in [0.29, 0.717) is 10.8 Å². The van der Waals surface area contributed by atoms with Crippen LogP contribution < -0.4 is 4.90 Å². The number of rotatable bonds is 4. The summed E-state index contributed by atoms with van der Waals surface area (Å²) in [7, 11) is 1.90. The Balaban J connectivity index is 3.12. The summed E-state index contributed by atoms with van der Waals surface area (Å²) in [5.74, 6) is -0.424. The molecule has 0 bridgehead atoms. The summed E-state index contributed by atoms with van der Waals surface area (Å²) >= 11 is 6.06. The van der Waals surface area contributed by atoms with Crippen molar-refractivity contribution in [3.05, 3.63) is 22.8 Å². The average molecular weight is 257 g/mol. The molecule has 0 spiro atoms. The van der Waals surface area contributed by atoms with Gasteiger partial charge in [-0.2, -0.15) is 0 Å². The molecule has 0 aliphatic heterocycles. The number of carboxylic acid groups (broad SMARTS) is 1. The summed E-state index contributed by atoms with van der Waals surface area (Å²) in [5, 5.41) is 9.19. The topological polar surface area (TPSA) is 53.4 Å². The van der Waals surface area contributed by atoms with Crippen molar-refractivity contribution < 1.29 is 9.90 Å². The molecule has 1 aromatic rings. The van der Waals surface area contributed by atoms with Gasteiger partial charge >= 0.3 is 5.97 Å². The molecule has 1 rings (SSSR count). The second-order valence-electron chi connectivity index (χ2n) is 4.56. The van der Waals surface area contributed by atoms with Crippen LogP contribution in [0, 0.1) is 0 Å². The Morgan fingerprint density at radius 3 is 2.59 bits per heavy atom. The smallest absolute Gasteiger partial charge is 0.337 e. The van der Waals surface area contributed by atoms with Gasteiger partial charge in [0.2, 0.25) is 0 Å². The van der Waals surface area contributed by atoms with E-state index in [1.807, 2.05) is 11.9 Å². The van der Waals surface area contributed by atoms with Crippen LogP contribution in [0.4, 0.5) is 5.82 Å². The van der Waals surface area contributed by atoms with E-state index in [0.717, 1.165) is 6.42 Å². The van der Waals surface area contributed by atoms with Crippen LogP contribution in [0.25, 0.3) is 0 Å². The molecule has 0 saturated heterocycles. The summed E-state index contributed by atoms with van der Waals surface area (Å²) in [4.78, 5) is 16.9. The summed E-state index contributed by atoms with van der Waals surface area (Å²) in [5.41, 5.74) is 0.0166. The largest absolute Gasteiger partial charge is 0.478 e. The molecule has 0 saturated carbocycles. The number of carboxylic acids is 1. The number of hydrogen-bond acceptors (Lipinski definition) is 3. The lowest BCUT2D eigenvalue weighted by atomic mass is 10.00. The van der Waals surface area contributed by atoms with E-state index in [1.54, 1.807) is 0 Å². The maximum absolute atomic E-state index is 10.8. The van der Waals surface area contributed by atoms with Crippen molar-refractivity contribution in [2.24, 2.45) is 0 Å². The van der Waals surface area contributed by atoms with Gasteiger partial charge in [0.05, 0.1) is 10.6 Å². The highest BCUT2D eigenvalue weighted by Crippen LogP contribution is 2.29. The maximum Gasteiger partial charge on any atom is 0.337 e. The molecule has 0 aliphatic carbocycles. The van der Waals surface area contributed by atoms with Gasteiger partial charge in [-0.25, -0.2) is 9.78 Å². The summed E-state index contributed by atoms with van der Waals surface area (Å²) in [6.07, 6.45) is 2.26. The Hall–Kier alpha value is -1.29. The first-order chi connectivity index (χ1) is 7.79. The van der Waals surface area contributed by atoms with Gasteiger partial charge in [0.1, 0.15) is 5.82 Å². The lowest BCUT2D eigenvalue weighted by Crippen LogP contribution is -2.41. The van der Waals surface area contributed by atoms with Crippen LogP contribution in [0.3, 0.4) is 0 Å². The number of hydrogen-bond donors (Lipinski definition) is 1. The van der Waals surface area contributed by atoms with Crippen molar-refractivity contribution >= 4 is 23.4 Å². The van der Waals surface area contributed by atoms with E-state index in [1.165, 1.54) is 12.3 Å². The van der Waals surface area contributed by atoms with Crippen molar-refractivity contribution in [3.8, 4) is 0 Å². The number of aromatic nitrogens is 1. The van der Waals surface area contributed by atoms with Crippen LogP contribution >= 0.6 is 11.6 Å². The lowest BCUT2D eigenvalue weighted by molar-refractivity contribution is 0.0696. The minimum atomic E-state index is -1.02.